The Hall–Kier alpha value is -2.04. The number of nitrogens with zero attached hydrogens (tertiary/aromatic N) is 1. The van der Waals surface area contributed by atoms with Gasteiger partial charge in [0, 0.05) is 13.1 Å². The molecule has 1 N–H and O–H groups in total. The van der Waals surface area contributed by atoms with Gasteiger partial charge in [-0.3, -0.25) is 9.59 Å². The molecule has 1 saturated carbocycles. The Kier molecular flexibility index (Phi) is 4.28. The van der Waals surface area contributed by atoms with Gasteiger partial charge in [0.2, 0.25) is 5.91 Å². The summed E-state index contributed by atoms with van der Waals surface area (Å²) in [4.78, 5) is 26.6. The van der Waals surface area contributed by atoms with Gasteiger partial charge >= 0.3 is 5.97 Å². The molecule has 0 bridgehead atoms. The Balaban J connectivity index is 1.88. The molecule has 1 aromatic carbocycles. The second kappa shape index (κ2) is 6.11. The number of amides is 1. The molecule has 1 saturated heterocycles. The van der Waals surface area contributed by atoms with E-state index in [1.54, 1.807) is 18.9 Å². The van der Waals surface area contributed by atoms with Crippen LogP contribution in [0.15, 0.2) is 24.3 Å². The molecule has 5 nitrogen and oxygen atoms in total. The second-order valence-electron chi connectivity index (χ2n) is 7.36. The van der Waals surface area contributed by atoms with Gasteiger partial charge in [0.15, 0.2) is 0 Å². The summed E-state index contributed by atoms with van der Waals surface area (Å²) >= 11 is 0. The van der Waals surface area contributed by atoms with E-state index < -0.39 is 16.8 Å². The second-order valence-corrected chi connectivity index (χ2v) is 7.36. The number of aliphatic carboxylic acids is 1. The third-order valence-corrected chi connectivity index (χ3v) is 5.79. The topological polar surface area (TPSA) is 66.8 Å². The predicted octanol–water partition coefficient (Wildman–Crippen LogP) is 2.83. The van der Waals surface area contributed by atoms with Crippen LogP contribution in [0.4, 0.5) is 0 Å². The van der Waals surface area contributed by atoms with Crippen molar-refractivity contribution < 1.29 is 19.4 Å². The maximum atomic E-state index is 13.3. The zero-order valence-corrected chi connectivity index (χ0v) is 14.4. The van der Waals surface area contributed by atoms with Crippen molar-refractivity contribution >= 4 is 11.9 Å². The van der Waals surface area contributed by atoms with E-state index in [9.17, 15) is 14.7 Å². The van der Waals surface area contributed by atoms with Gasteiger partial charge in [-0.1, -0.05) is 25.0 Å². The minimum Gasteiger partial charge on any atom is -0.497 e. The minimum atomic E-state index is -0.824. The molecule has 130 valence electrons. The highest BCUT2D eigenvalue weighted by atomic mass is 16.5. The third-order valence-electron chi connectivity index (χ3n) is 5.79. The summed E-state index contributed by atoms with van der Waals surface area (Å²) in [6.45, 7) is 2.57. The Morgan fingerprint density at radius 3 is 2.25 bits per heavy atom. The summed E-state index contributed by atoms with van der Waals surface area (Å²) in [5.74, 6) is 0.0526. The molecule has 0 radical (unpaired) electrons. The quantitative estimate of drug-likeness (QED) is 0.921. The molecular weight excluding hydrogens is 306 g/mol. The predicted molar refractivity (Wildman–Crippen MR) is 90.1 cm³/mol. The molecule has 2 aliphatic rings. The van der Waals surface area contributed by atoms with Crippen LogP contribution in [0.3, 0.4) is 0 Å². The van der Waals surface area contributed by atoms with Crippen LogP contribution in [0.2, 0.25) is 0 Å². The normalized spacial score (nSPS) is 25.7. The fourth-order valence-electron chi connectivity index (χ4n) is 4.13. The molecule has 0 spiro atoms. The summed E-state index contributed by atoms with van der Waals surface area (Å²) in [7, 11) is 1.63. The van der Waals surface area contributed by atoms with E-state index in [1.165, 1.54) is 0 Å². The number of benzene rings is 1. The van der Waals surface area contributed by atoms with E-state index in [1.807, 2.05) is 24.3 Å². The van der Waals surface area contributed by atoms with Gasteiger partial charge in [-0.25, -0.2) is 0 Å². The van der Waals surface area contributed by atoms with E-state index >= 15 is 0 Å². The molecule has 1 atom stereocenters. The maximum absolute atomic E-state index is 13.3. The fraction of sp³-hybridized carbons (Fsp3) is 0.579. The smallest absolute Gasteiger partial charge is 0.311 e. The van der Waals surface area contributed by atoms with Gasteiger partial charge in [-0.15, -0.1) is 0 Å². The van der Waals surface area contributed by atoms with Crippen molar-refractivity contribution in [3.63, 3.8) is 0 Å². The lowest BCUT2D eigenvalue weighted by molar-refractivity contribution is -0.147. The molecule has 1 heterocycles. The fourth-order valence-corrected chi connectivity index (χ4v) is 4.13. The first-order valence-corrected chi connectivity index (χ1v) is 8.59. The van der Waals surface area contributed by atoms with Gasteiger partial charge in [-0.2, -0.15) is 0 Å². The van der Waals surface area contributed by atoms with Crippen LogP contribution in [-0.2, 0) is 15.0 Å². The molecule has 1 unspecified atom stereocenters. The summed E-state index contributed by atoms with van der Waals surface area (Å²) in [6.07, 6.45) is 4.24. The number of carboxylic acids is 1. The summed E-state index contributed by atoms with van der Waals surface area (Å²) in [5.41, 5.74) is -0.305. The van der Waals surface area contributed by atoms with Crippen molar-refractivity contribution in [2.24, 2.45) is 5.41 Å². The van der Waals surface area contributed by atoms with Crippen LogP contribution < -0.4 is 4.74 Å². The Bertz CT molecular complexity index is 633. The molecule has 24 heavy (non-hydrogen) atoms. The summed E-state index contributed by atoms with van der Waals surface area (Å²) in [6, 6.07) is 7.76. The van der Waals surface area contributed by atoms with Gasteiger partial charge < -0.3 is 14.7 Å². The van der Waals surface area contributed by atoms with Gasteiger partial charge in [0.05, 0.1) is 17.9 Å². The number of likely N-dealkylation sites (tertiary alicyclic amines) is 1. The van der Waals surface area contributed by atoms with Crippen LogP contribution in [0.25, 0.3) is 0 Å². The Morgan fingerprint density at radius 2 is 1.75 bits per heavy atom. The van der Waals surface area contributed by atoms with Crippen molar-refractivity contribution in [2.45, 2.75) is 44.4 Å². The number of ether oxygens (including phenoxy) is 1. The summed E-state index contributed by atoms with van der Waals surface area (Å²) in [5, 5.41) is 9.42. The standard InChI is InChI=1S/C19H25NO4/c1-18(17(22)23)11-12-20(13-18)16(21)19(9-3-4-10-19)14-5-7-15(24-2)8-6-14/h5-8H,3-4,9-13H2,1-2H3,(H,22,23). The van der Waals surface area contributed by atoms with Crippen molar-refractivity contribution in [3.05, 3.63) is 29.8 Å². The highest BCUT2D eigenvalue weighted by Crippen LogP contribution is 2.44. The number of methoxy groups -OCH3 is 1. The van der Waals surface area contributed by atoms with Crippen LogP contribution in [0.1, 0.15) is 44.6 Å². The monoisotopic (exact) mass is 331 g/mol. The first kappa shape index (κ1) is 16.8. The molecule has 1 aliphatic carbocycles. The van der Waals surface area contributed by atoms with Crippen LogP contribution in [0.5, 0.6) is 5.75 Å². The minimum absolute atomic E-state index is 0.0927. The number of hydrogen-bond acceptors (Lipinski definition) is 3. The maximum Gasteiger partial charge on any atom is 0.311 e. The lowest BCUT2D eigenvalue weighted by Gasteiger charge is -2.33. The van der Waals surface area contributed by atoms with Crippen LogP contribution >= 0.6 is 0 Å². The zero-order chi connectivity index (χ0) is 17.4. The average Bonchev–Trinajstić information content (AvgIpc) is 3.23. The van der Waals surface area contributed by atoms with E-state index in [4.69, 9.17) is 4.74 Å². The van der Waals surface area contributed by atoms with E-state index in [-0.39, 0.29) is 5.91 Å². The van der Waals surface area contributed by atoms with E-state index in [0.29, 0.717) is 19.5 Å². The molecule has 1 aliphatic heterocycles. The van der Waals surface area contributed by atoms with Crippen molar-refractivity contribution in [1.82, 2.24) is 4.90 Å². The van der Waals surface area contributed by atoms with Crippen LogP contribution in [0, 0.1) is 5.41 Å². The molecule has 5 heteroatoms. The zero-order valence-electron chi connectivity index (χ0n) is 14.4. The average molecular weight is 331 g/mol. The number of rotatable bonds is 4. The number of hydrogen-bond donors (Lipinski definition) is 1. The van der Waals surface area contributed by atoms with Gasteiger partial charge in [0.1, 0.15) is 5.75 Å². The molecule has 2 fully saturated rings. The highest BCUT2D eigenvalue weighted by molar-refractivity contribution is 5.90. The van der Waals surface area contributed by atoms with Crippen molar-refractivity contribution in [3.8, 4) is 5.75 Å². The van der Waals surface area contributed by atoms with Gasteiger partial charge in [0.25, 0.3) is 0 Å². The lowest BCUT2D eigenvalue weighted by Crippen LogP contribution is -2.45. The molecule has 1 amide bonds. The van der Waals surface area contributed by atoms with Gasteiger partial charge in [-0.05, 0) is 43.9 Å². The number of carbonyl (C=O) groups is 2. The van der Waals surface area contributed by atoms with E-state index in [0.717, 1.165) is 37.0 Å². The Labute approximate surface area is 142 Å². The molecular formula is C19H25NO4. The number of carboxylic acid groups (broad SMARTS) is 1. The van der Waals surface area contributed by atoms with Crippen molar-refractivity contribution in [2.75, 3.05) is 20.2 Å². The molecule has 1 aromatic rings. The number of carbonyl (C=O) groups excluding carboxylic acids is 1. The highest BCUT2D eigenvalue weighted by Gasteiger charge is 2.49. The molecule has 0 aromatic heterocycles. The first-order valence-electron chi connectivity index (χ1n) is 8.59. The summed E-state index contributed by atoms with van der Waals surface area (Å²) < 4.78 is 5.22. The molecule has 3 rings (SSSR count). The lowest BCUT2D eigenvalue weighted by atomic mass is 9.77. The largest absolute Gasteiger partial charge is 0.497 e. The SMILES string of the molecule is COc1ccc(C2(C(=O)N3CCC(C)(C(=O)O)C3)CCCC2)cc1. The Morgan fingerprint density at radius 1 is 1.12 bits per heavy atom. The third kappa shape index (κ3) is 2.66. The van der Waals surface area contributed by atoms with Crippen LogP contribution in [-0.4, -0.2) is 42.1 Å². The van der Waals surface area contributed by atoms with Crippen molar-refractivity contribution in [1.29, 1.82) is 0 Å². The van der Waals surface area contributed by atoms with E-state index in [2.05, 4.69) is 0 Å². The first-order chi connectivity index (χ1) is 11.4.